The second-order valence-corrected chi connectivity index (χ2v) is 9.41. The van der Waals surface area contributed by atoms with E-state index in [2.05, 4.69) is 12.2 Å². The highest BCUT2D eigenvalue weighted by molar-refractivity contribution is 7.89. The fourth-order valence-electron chi connectivity index (χ4n) is 3.20. The van der Waals surface area contributed by atoms with Crippen LogP contribution >= 0.6 is 0 Å². The van der Waals surface area contributed by atoms with Gasteiger partial charge in [0.1, 0.15) is 5.75 Å². The van der Waals surface area contributed by atoms with Crippen LogP contribution in [0, 0.1) is 5.92 Å². The molecule has 0 radical (unpaired) electrons. The molecule has 0 aromatic heterocycles. The molecule has 6 nitrogen and oxygen atoms in total. The van der Waals surface area contributed by atoms with Gasteiger partial charge < -0.3 is 10.1 Å². The second kappa shape index (κ2) is 9.27. The maximum atomic E-state index is 12.7. The van der Waals surface area contributed by atoms with Gasteiger partial charge in [-0.2, -0.15) is 17.5 Å². The SMILES string of the molecule is CC1CCN(S(=O)(=O)c2ccc(OCC(=O)Nc3cccc(C(F)(F)F)c3)cc2)CC1. The molecule has 31 heavy (non-hydrogen) atoms. The van der Waals surface area contributed by atoms with Gasteiger partial charge in [-0.25, -0.2) is 8.42 Å². The number of nitrogens with one attached hydrogen (secondary N) is 1. The van der Waals surface area contributed by atoms with E-state index < -0.39 is 34.3 Å². The molecule has 0 aliphatic carbocycles. The molecule has 1 N–H and O–H groups in total. The lowest BCUT2D eigenvalue weighted by atomic mass is 10.0. The lowest BCUT2D eigenvalue weighted by Gasteiger charge is -2.29. The highest BCUT2D eigenvalue weighted by Gasteiger charge is 2.30. The molecule has 1 amide bonds. The molecule has 0 atom stereocenters. The molecule has 0 unspecified atom stereocenters. The van der Waals surface area contributed by atoms with Crippen molar-refractivity contribution in [1.82, 2.24) is 4.31 Å². The lowest BCUT2D eigenvalue weighted by Crippen LogP contribution is -2.37. The molecule has 2 aromatic rings. The van der Waals surface area contributed by atoms with Gasteiger partial charge in [0.2, 0.25) is 10.0 Å². The van der Waals surface area contributed by atoms with Crippen LogP contribution in [0.5, 0.6) is 5.75 Å². The van der Waals surface area contributed by atoms with E-state index in [0.717, 1.165) is 25.0 Å². The van der Waals surface area contributed by atoms with Crippen molar-refractivity contribution in [3.63, 3.8) is 0 Å². The van der Waals surface area contributed by atoms with Gasteiger partial charge in [0, 0.05) is 18.8 Å². The Balaban J connectivity index is 1.56. The Labute approximate surface area is 179 Å². The molecule has 1 aliphatic rings. The van der Waals surface area contributed by atoms with Crippen LogP contribution in [0.2, 0.25) is 0 Å². The van der Waals surface area contributed by atoms with E-state index in [1.54, 1.807) is 0 Å². The van der Waals surface area contributed by atoms with Crippen molar-refractivity contribution in [2.75, 3.05) is 25.0 Å². The van der Waals surface area contributed by atoms with Crippen molar-refractivity contribution in [1.29, 1.82) is 0 Å². The Morgan fingerprint density at radius 1 is 1.13 bits per heavy atom. The van der Waals surface area contributed by atoms with E-state index in [9.17, 15) is 26.4 Å². The number of ether oxygens (including phenoxy) is 1. The average Bonchev–Trinajstić information content (AvgIpc) is 2.72. The molecule has 2 aromatic carbocycles. The largest absolute Gasteiger partial charge is 0.484 e. The molecule has 168 valence electrons. The number of hydrogen-bond acceptors (Lipinski definition) is 4. The second-order valence-electron chi connectivity index (χ2n) is 7.47. The zero-order valence-corrected chi connectivity index (χ0v) is 17.7. The summed E-state index contributed by atoms with van der Waals surface area (Å²) in [5.41, 5.74) is -0.869. The number of halogens is 3. The van der Waals surface area contributed by atoms with E-state index in [1.807, 2.05) is 0 Å². The summed E-state index contributed by atoms with van der Waals surface area (Å²) < 4.78 is 70.4. The average molecular weight is 456 g/mol. The fraction of sp³-hybridized carbons (Fsp3) is 0.381. The van der Waals surface area contributed by atoms with Crippen LogP contribution in [0.25, 0.3) is 0 Å². The Morgan fingerprint density at radius 2 is 1.77 bits per heavy atom. The van der Waals surface area contributed by atoms with E-state index in [4.69, 9.17) is 4.74 Å². The maximum Gasteiger partial charge on any atom is 0.416 e. The summed E-state index contributed by atoms with van der Waals surface area (Å²) in [6.45, 7) is 2.63. The molecule has 10 heteroatoms. The number of amides is 1. The van der Waals surface area contributed by atoms with Crippen molar-refractivity contribution in [3.8, 4) is 5.75 Å². The van der Waals surface area contributed by atoms with Crippen molar-refractivity contribution < 1.29 is 31.1 Å². The van der Waals surface area contributed by atoms with E-state index in [0.29, 0.717) is 19.0 Å². The zero-order chi connectivity index (χ0) is 22.6. The zero-order valence-electron chi connectivity index (χ0n) is 16.9. The Kier molecular flexibility index (Phi) is 6.90. The minimum atomic E-state index is -4.51. The van der Waals surface area contributed by atoms with Gasteiger partial charge in [-0.1, -0.05) is 13.0 Å². The van der Waals surface area contributed by atoms with E-state index in [1.165, 1.54) is 40.7 Å². The van der Waals surface area contributed by atoms with Gasteiger partial charge in [0.25, 0.3) is 5.91 Å². The summed E-state index contributed by atoms with van der Waals surface area (Å²) in [7, 11) is -3.58. The normalized spacial score (nSPS) is 16.1. The van der Waals surface area contributed by atoms with E-state index in [-0.39, 0.29) is 16.3 Å². The first-order valence-corrected chi connectivity index (χ1v) is 11.2. The third-order valence-corrected chi connectivity index (χ3v) is 6.96. The van der Waals surface area contributed by atoms with Crippen LogP contribution in [-0.2, 0) is 21.0 Å². The molecule has 1 heterocycles. The summed E-state index contributed by atoms with van der Waals surface area (Å²) in [5, 5.41) is 2.34. The van der Waals surface area contributed by atoms with Crippen molar-refractivity contribution >= 4 is 21.6 Å². The minimum Gasteiger partial charge on any atom is -0.484 e. The van der Waals surface area contributed by atoms with Crippen LogP contribution in [0.15, 0.2) is 53.4 Å². The number of hydrogen-bond donors (Lipinski definition) is 1. The molecule has 1 saturated heterocycles. The van der Waals surface area contributed by atoms with Gasteiger partial charge in [0.05, 0.1) is 10.5 Å². The maximum absolute atomic E-state index is 12.7. The van der Waals surface area contributed by atoms with Gasteiger partial charge in [0.15, 0.2) is 6.61 Å². The molecular weight excluding hydrogens is 433 g/mol. The van der Waals surface area contributed by atoms with Crippen LogP contribution in [0.4, 0.5) is 18.9 Å². The topological polar surface area (TPSA) is 75.7 Å². The number of rotatable bonds is 6. The number of carbonyl (C=O) groups excluding carboxylic acids is 1. The minimum absolute atomic E-state index is 0.000663. The smallest absolute Gasteiger partial charge is 0.416 e. The van der Waals surface area contributed by atoms with Crippen LogP contribution < -0.4 is 10.1 Å². The number of anilines is 1. The first-order chi connectivity index (χ1) is 14.6. The number of nitrogens with zero attached hydrogens (tertiary/aromatic N) is 1. The Bertz CT molecular complexity index is 1020. The monoisotopic (exact) mass is 456 g/mol. The summed E-state index contributed by atoms with van der Waals surface area (Å²) in [6, 6.07) is 9.98. The molecule has 0 saturated carbocycles. The Hall–Kier alpha value is -2.59. The highest BCUT2D eigenvalue weighted by Crippen LogP contribution is 2.30. The first kappa shape index (κ1) is 23.1. The number of sulfonamides is 1. The summed E-state index contributed by atoms with van der Waals surface area (Å²) in [5.74, 6) is 0.133. The number of benzene rings is 2. The first-order valence-electron chi connectivity index (χ1n) is 9.76. The summed E-state index contributed by atoms with van der Waals surface area (Å²) in [6.07, 6.45) is -2.87. The van der Waals surface area contributed by atoms with E-state index >= 15 is 0 Å². The molecule has 1 aliphatic heterocycles. The summed E-state index contributed by atoms with van der Waals surface area (Å²) >= 11 is 0. The Morgan fingerprint density at radius 3 is 2.39 bits per heavy atom. The fourth-order valence-corrected chi connectivity index (χ4v) is 4.67. The predicted molar refractivity (Wildman–Crippen MR) is 109 cm³/mol. The molecule has 1 fully saturated rings. The molecular formula is C21H23F3N2O4S. The van der Waals surface area contributed by atoms with Crippen LogP contribution in [0.1, 0.15) is 25.3 Å². The van der Waals surface area contributed by atoms with Gasteiger partial charge in [-0.05, 0) is 61.2 Å². The number of alkyl halides is 3. The van der Waals surface area contributed by atoms with Crippen molar-refractivity contribution in [3.05, 3.63) is 54.1 Å². The number of carbonyl (C=O) groups is 1. The predicted octanol–water partition coefficient (Wildman–Crippen LogP) is 4.14. The highest BCUT2D eigenvalue weighted by atomic mass is 32.2. The van der Waals surface area contributed by atoms with Gasteiger partial charge in [-0.3, -0.25) is 4.79 Å². The third kappa shape index (κ3) is 5.98. The van der Waals surface area contributed by atoms with Crippen LogP contribution in [0.3, 0.4) is 0 Å². The lowest BCUT2D eigenvalue weighted by molar-refractivity contribution is -0.137. The van der Waals surface area contributed by atoms with Gasteiger partial charge >= 0.3 is 6.18 Å². The quantitative estimate of drug-likeness (QED) is 0.709. The molecule has 0 spiro atoms. The molecule has 0 bridgehead atoms. The molecule has 3 rings (SSSR count). The third-order valence-electron chi connectivity index (χ3n) is 5.05. The van der Waals surface area contributed by atoms with Crippen molar-refractivity contribution in [2.45, 2.75) is 30.8 Å². The van der Waals surface area contributed by atoms with Gasteiger partial charge in [-0.15, -0.1) is 0 Å². The van der Waals surface area contributed by atoms with Crippen LogP contribution in [-0.4, -0.2) is 38.3 Å². The van der Waals surface area contributed by atoms with Crippen molar-refractivity contribution in [2.24, 2.45) is 5.92 Å². The number of piperidine rings is 1. The standard InChI is InChI=1S/C21H23F3N2O4S/c1-15-9-11-26(12-10-15)31(28,29)19-7-5-18(6-8-19)30-14-20(27)25-17-4-2-3-16(13-17)21(22,23)24/h2-8,13,15H,9-12,14H2,1H3,(H,25,27). The summed E-state index contributed by atoms with van der Waals surface area (Å²) in [4.78, 5) is 12.1.